The van der Waals surface area contributed by atoms with Crippen LogP contribution in [0.15, 0.2) is 29.1 Å². The van der Waals surface area contributed by atoms with Crippen LogP contribution in [-0.2, 0) is 6.54 Å². The van der Waals surface area contributed by atoms with E-state index in [1.165, 1.54) is 12.3 Å². The summed E-state index contributed by atoms with van der Waals surface area (Å²) in [4.78, 5) is 4.05. The van der Waals surface area contributed by atoms with Gasteiger partial charge in [-0.05, 0) is 29.0 Å². The largest absolute Gasteiger partial charge is 0.316 e. The number of aromatic nitrogens is 3. The van der Waals surface area contributed by atoms with Crippen LogP contribution < -0.4 is 5.32 Å². The van der Waals surface area contributed by atoms with Crippen molar-refractivity contribution < 1.29 is 4.39 Å². The van der Waals surface area contributed by atoms with Gasteiger partial charge >= 0.3 is 0 Å². The third-order valence-electron chi connectivity index (χ3n) is 2.04. The van der Waals surface area contributed by atoms with Gasteiger partial charge in [0.15, 0.2) is 5.82 Å². The molecule has 2 aromatic rings. The molecule has 2 aromatic heterocycles. The predicted octanol–water partition coefficient (Wildman–Crippen LogP) is 1.89. The summed E-state index contributed by atoms with van der Waals surface area (Å²) in [6, 6.07) is 1.45. The molecule has 0 aliphatic carbocycles. The van der Waals surface area contributed by atoms with Gasteiger partial charge in [-0.3, -0.25) is 0 Å². The third-order valence-corrected chi connectivity index (χ3v) is 2.45. The lowest BCUT2D eigenvalue weighted by molar-refractivity contribution is 0.613. The second kappa shape index (κ2) is 4.71. The van der Waals surface area contributed by atoms with E-state index >= 15 is 0 Å². The summed E-state index contributed by atoms with van der Waals surface area (Å²) in [6.07, 6.45) is 4.62. The van der Waals surface area contributed by atoms with E-state index in [0.29, 0.717) is 12.4 Å². The van der Waals surface area contributed by atoms with Crippen LogP contribution in [0.5, 0.6) is 0 Å². The van der Waals surface area contributed by atoms with Gasteiger partial charge in [0.05, 0.1) is 16.9 Å². The van der Waals surface area contributed by atoms with E-state index in [-0.39, 0.29) is 5.82 Å². The quantitative estimate of drug-likeness (QED) is 0.936. The van der Waals surface area contributed by atoms with Crippen molar-refractivity contribution >= 4 is 15.9 Å². The zero-order valence-corrected chi connectivity index (χ0v) is 10.2. The van der Waals surface area contributed by atoms with Gasteiger partial charge in [-0.25, -0.2) is 14.1 Å². The first kappa shape index (κ1) is 11.2. The summed E-state index contributed by atoms with van der Waals surface area (Å²) >= 11 is 3.31. The van der Waals surface area contributed by atoms with Gasteiger partial charge in [-0.1, -0.05) is 0 Å². The standard InChI is InChI=1S/C10H10BrFN4/c1-13-3-7-2-9(12)5-14-10(7)16-6-8(11)4-15-16/h2,4-6,13H,3H2,1H3. The second-order valence-electron chi connectivity index (χ2n) is 3.27. The van der Waals surface area contributed by atoms with Gasteiger partial charge in [0.25, 0.3) is 0 Å². The number of rotatable bonds is 3. The SMILES string of the molecule is CNCc1cc(F)cnc1-n1cc(Br)cn1. The first-order chi connectivity index (χ1) is 7.70. The molecule has 2 heterocycles. The number of nitrogens with one attached hydrogen (secondary N) is 1. The van der Waals surface area contributed by atoms with E-state index in [2.05, 4.69) is 31.3 Å². The Labute approximate surface area is 101 Å². The first-order valence-electron chi connectivity index (χ1n) is 4.70. The smallest absolute Gasteiger partial charge is 0.158 e. The van der Waals surface area contributed by atoms with E-state index < -0.39 is 0 Å². The van der Waals surface area contributed by atoms with Gasteiger partial charge < -0.3 is 5.32 Å². The van der Waals surface area contributed by atoms with E-state index in [0.717, 1.165) is 10.0 Å². The first-order valence-corrected chi connectivity index (χ1v) is 5.49. The van der Waals surface area contributed by atoms with Crippen molar-refractivity contribution in [2.75, 3.05) is 7.05 Å². The van der Waals surface area contributed by atoms with Gasteiger partial charge in [-0.15, -0.1) is 0 Å². The minimum absolute atomic E-state index is 0.347. The van der Waals surface area contributed by atoms with E-state index in [1.54, 1.807) is 24.1 Å². The summed E-state index contributed by atoms with van der Waals surface area (Å²) in [7, 11) is 1.80. The molecule has 0 spiro atoms. The lowest BCUT2D eigenvalue weighted by Gasteiger charge is -2.07. The maximum atomic E-state index is 13.1. The Balaban J connectivity index is 2.47. The Bertz CT molecular complexity index is 497. The molecule has 0 bridgehead atoms. The van der Waals surface area contributed by atoms with Gasteiger partial charge in [0.1, 0.15) is 5.82 Å². The topological polar surface area (TPSA) is 42.7 Å². The summed E-state index contributed by atoms with van der Waals surface area (Å²) in [5.74, 6) is 0.279. The number of nitrogens with zero attached hydrogens (tertiary/aromatic N) is 3. The summed E-state index contributed by atoms with van der Waals surface area (Å²) in [5, 5.41) is 7.08. The average molecular weight is 285 g/mol. The highest BCUT2D eigenvalue weighted by atomic mass is 79.9. The van der Waals surface area contributed by atoms with Crippen LogP contribution in [0.4, 0.5) is 4.39 Å². The molecule has 0 saturated heterocycles. The normalized spacial score (nSPS) is 10.7. The van der Waals surface area contributed by atoms with Crippen molar-refractivity contribution in [2.45, 2.75) is 6.54 Å². The summed E-state index contributed by atoms with van der Waals surface area (Å²) < 4.78 is 15.5. The number of pyridine rings is 1. The van der Waals surface area contributed by atoms with Crippen molar-refractivity contribution in [3.63, 3.8) is 0 Å². The molecule has 0 amide bonds. The maximum absolute atomic E-state index is 13.1. The van der Waals surface area contributed by atoms with E-state index in [4.69, 9.17) is 0 Å². The van der Waals surface area contributed by atoms with Crippen molar-refractivity contribution in [3.8, 4) is 5.82 Å². The Morgan fingerprint density at radius 2 is 2.31 bits per heavy atom. The van der Waals surface area contributed by atoms with Crippen LogP contribution in [0.2, 0.25) is 0 Å². The van der Waals surface area contributed by atoms with E-state index in [1.807, 2.05) is 0 Å². The van der Waals surface area contributed by atoms with Gasteiger partial charge in [0, 0.05) is 18.3 Å². The van der Waals surface area contributed by atoms with Crippen molar-refractivity contribution in [2.24, 2.45) is 0 Å². The summed E-state index contributed by atoms with van der Waals surface area (Å²) in [6.45, 7) is 0.539. The second-order valence-corrected chi connectivity index (χ2v) is 4.19. The van der Waals surface area contributed by atoms with Crippen LogP contribution in [0, 0.1) is 5.82 Å². The molecule has 0 aliphatic rings. The molecule has 6 heteroatoms. The minimum Gasteiger partial charge on any atom is -0.316 e. The third kappa shape index (κ3) is 2.28. The monoisotopic (exact) mass is 284 g/mol. The molecular formula is C10H10BrFN4. The minimum atomic E-state index is -0.347. The van der Waals surface area contributed by atoms with Crippen LogP contribution >= 0.6 is 15.9 Å². The number of hydrogen-bond acceptors (Lipinski definition) is 3. The highest BCUT2D eigenvalue weighted by Crippen LogP contribution is 2.15. The molecule has 2 rings (SSSR count). The molecule has 16 heavy (non-hydrogen) atoms. The fraction of sp³-hybridized carbons (Fsp3) is 0.200. The molecule has 0 aliphatic heterocycles. The molecular weight excluding hydrogens is 275 g/mol. The van der Waals surface area contributed by atoms with Crippen LogP contribution in [0.3, 0.4) is 0 Å². The number of hydrogen-bond donors (Lipinski definition) is 1. The fourth-order valence-electron chi connectivity index (χ4n) is 1.42. The molecule has 0 saturated carbocycles. The molecule has 1 N–H and O–H groups in total. The van der Waals surface area contributed by atoms with Gasteiger partial charge in [-0.2, -0.15) is 5.10 Å². The number of halogens is 2. The predicted molar refractivity (Wildman–Crippen MR) is 61.8 cm³/mol. The highest BCUT2D eigenvalue weighted by molar-refractivity contribution is 9.10. The Hall–Kier alpha value is -1.27. The lowest BCUT2D eigenvalue weighted by Crippen LogP contribution is -2.11. The van der Waals surface area contributed by atoms with Crippen molar-refractivity contribution in [3.05, 3.63) is 40.5 Å². The van der Waals surface area contributed by atoms with Crippen LogP contribution in [0.1, 0.15) is 5.56 Å². The molecule has 4 nitrogen and oxygen atoms in total. The molecule has 0 aromatic carbocycles. The maximum Gasteiger partial charge on any atom is 0.158 e. The summed E-state index contributed by atoms with van der Waals surface area (Å²) in [5.41, 5.74) is 0.762. The zero-order valence-electron chi connectivity index (χ0n) is 8.61. The van der Waals surface area contributed by atoms with Crippen LogP contribution in [-0.4, -0.2) is 21.8 Å². The van der Waals surface area contributed by atoms with E-state index in [9.17, 15) is 4.39 Å². The molecule has 84 valence electrons. The lowest BCUT2D eigenvalue weighted by atomic mass is 10.2. The zero-order chi connectivity index (χ0) is 11.5. The Morgan fingerprint density at radius 1 is 1.50 bits per heavy atom. The van der Waals surface area contributed by atoms with Gasteiger partial charge in [0.2, 0.25) is 0 Å². The molecule has 0 radical (unpaired) electrons. The van der Waals surface area contributed by atoms with Crippen molar-refractivity contribution in [1.82, 2.24) is 20.1 Å². The molecule has 0 unspecified atom stereocenters. The molecule has 0 atom stereocenters. The molecule has 0 fully saturated rings. The fourth-order valence-corrected chi connectivity index (χ4v) is 1.70. The Kier molecular flexibility index (Phi) is 3.31. The highest BCUT2D eigenvalue weighted by Gasteiger charge is 2.08. The van der Waals surface area contributed by atoms with Crippen molar-refractivity contribution in [1.29, 1.82) is 0 Å². The average Bonchev–Trinajstić information content (AvgIpc) is 2.65. The van der Waals surface area contributed by atoms with Crippen LogP contribution in [0.25, 0.3) is 5.82 Å². The Morgan fingerprint density at radius 3 is 2.94 bits per heavy atom.